The zero-order valence-electron chi connectivity index (χ0n) is 28.1. The molecular formula is C31H54N4O9. The van der Waals surface area contributed by atoms with Crippen LogP contribution in [-0.4, -0.2) is 108 Å². The first-order chi connectivity index (χ1) is 20.4. The standard InChI is InChI=1S/C31H54N4O9/c1-11-12-22(42-10)14-13-19(3)24-30(6,7)28(40)33-20(4)26(38)35-17-31(8,44-35)29(41)34(9)23(18(2)15-16-36)25(37)32-21(5)27(39)43-24/h18-24,36H,11-17H2,1-10H3,(H,32,37)(H,33,40)/t18?,19?,20-,21-,22?,23-,24-,31?/m0/s1. The van der Waals surface area contributed by atoms with Crippen molar-refractivity contribution in [2.75, 3.05) is 27.3 Å². The molecule has 8 atom stereocenters. The molecule has 0 aromatic carbocycles. The summed E-state index contributed by atoms with van der Waals surface area (Å²) < 4.78 is 11.6. The lowest BCUT2D eigenvalue weighted by Gasteiger charge is -2.48. The maximum atomic E-state index is 13.7. The number of fused-ring (bicyclic) bond motifs is 13. The van der Waals surface area contributed by atoms with E-state index in [9.17, 15) is 29.1 Å². The van der Waals surface area contributed by atoms with Gasteiger partial charge >= 0.3 is 5.97 Å². The molecule has 44 heavy (non-hydrogen) atoms. The molecule has 3 heterocycles. The summed E-state index contributed by atoms with van der Waals surface area (Å²) in [6.07, 6.45) is 2.41. The minimum absolute atomic E-state index is 0.0147. The molecule has 3 N–H and O–H groups in total. The Morgan fingerprint density at radius 2 is 1.59 bits per heavy atom. The number of amides is 4. The van der Waals surface area contributed by atoms with Crippen LogP contribution in [0.3, 0.4) is 0 Å². The summed E-state index contributed by atoms with van der Waals surface area (Å²) in [5.41, 5.74) is -2.70. The maximum Gasteiger partial charge on any atom is 0.328 e. The van der Waals surface area contributed by atoms with Gasteiger partial charge in [-0.3, -0.25) is 24.0 Å². The number of aliphatic hydroxyl groups is 1. The van der Waals surface area contributed by atoms with Gasteiger partial charge in [-0.2, -0.15) is 0 Å². The third kappa shape index (κ3) is 8.48. The van der Waals surface area contributed by atoms with Crippen LogP contribution in [0.25, 0.3) is 0 Å². The number of methoxy groups -OCH3 is 1. The van der Waals surface area contributed by atoms with Crippen molar-refractivity contribution in [2.45, 2.75) is 123 Å². The highest BCUT2D eigenvalue weighted by molar-refractivity contribution is 5.95. The number of hydrogen-bond donors (Lipinski definition) is 3. The van der Waals surface area contributed by atoms with Gasteiger partial charge in [0.15, 0.2) is 5.60 Å². The number of nitrogens with zero attached hydrogens (tertiary/aromatic N) is 2. The molecule has 0 aromatic heterocycles. The topological polar surface area (TPSA) is 164 Å². The number of hydroxylamine groups is 2. The second-order valence-corrected chi connectivity index (χ2v) is 13.3. The molecule has 2 bridgehead atoms. The van der Waals surface area contributed by atoms with E-state index in [1.807, 2.05) is 6.92 Å². The van der Waals surface area contributed by atoms with Crippen LogP contribution in [0.4, 0.5) is 0 Å². The summed E-state index contributed by atoms with van der Waals surface area (Å²) in [7, 11) is 3.11. The quantitative estimate of drug-likeness (QED) is 0.241. The Morgan fingerprint density at radius 3 is 2.14 bits per heavy atom. The second kappa shape index (κ2) is 15.5. The van der Waals surface area contributed by atoms with Crippen molar-refractivity contribution < 1.29 is 43.4 Å². The van der Waals surface area contributed by atoms with Crippen molar-refractivity contribution in [1.82, 2.24) is 20.6 Å². The lowest BCUT2D eigenvalue weighted by atomic mass is 9.77. The van der Waals surface area contributed by atoms with Crippen LogP contribution in [0.2, 0.25) is 0 Å². The lowest BCUT2D eigenvalue weighted by Crippen LogP contribution is -2.70. The van der Waals surface area contributed by atoms with Crippen LogP contribution in [0.1, 0.15) is 87.5 Å². The highest BCUT2D eigenvalue weighted by Gasteiger charge is 2.54. The van der Waals surface area contributed by atoms with Crippen molar-refractivity contribution in [1.29, 1.82) is 0 Å². The monoisotopic (exact) mass is 626 g/mol. The van der Waals surface area contributed by atoms with Crippen molar-refractivity contribution in [2.24, 2.45) is 17.3 Å². The van der Waals surface area contributed by atoms with E-state index >= 15 is 0 Å². The van der Waals surface area contributed by atoms with E-state index in [0.29, 0.717) is 12.8 Å². The van der Waals surface area contributed by atoms with Gasteiger partial charge in [0.2, 0.25) is 11.8 Å². The first-order valence-corrected chi connectivity index (χ1v) is 15.7. The molecule has 0 spiro atoms. The zero-order chi connectivity index (χ0) is 33.6. The Balaban J connectivity index is 2.49. The highest BCUT2D eigenvalue weighted by Crippen LogP contribution is 2.34. The van der Waals surface area contributed by atoms with Gasteiger partial charge in [0.05, 0.1) is 18.1 Å². The van der Waals surface area contributed by atoms with Crippen molar-refractivity contribution in [3.8, 4) is 0 Å². The summed E-state index contributed by atoms with van der Waals surface area (Å²) in [5, 5.41) is 16.0. The van der Waals surface area contributed by atoms with E-state index in [2.05, 4.69) is 17.6 Å². The Kier molecular flexibility index (Phi) is 13.2. The third-order valence-electron chi connectivity index (χ3n) is 8.96. The third-order valence-corrected chi connectivity index (χ3v) is 8.96. The number of ether oxygens (including phenoxy) is 2. The molecule has 13 heteroatoms. The number of esters is 1. The second-order valence-electron chi connectivity index (χ2n) is 13.3. The fourth-order valence-corrected chi connectivity index (χ4v) is 6.07. The zero-order valence-corrected chi connectivity index (χ0v) is 28.1. The molecule has 4 unspecified atom stereocenters. The fraction of sp³-hybridized carbons (Fsp3) is 0.839. The van der Waals surface area contributed by atoms with E-state index in [1.54, 1.807) is 27.9 Å². The minimum atomic E-state index is -1.43. The molecule has 0 aromatic rings. The molecule has 3 aliphatic rings. The summed E-state index contributed by atoms with van der Waals surface area (Å²) in [5.74, 6) is -3.71. The van der Waals surface area contributed by atoms with Crippen LogP contribution in [0.15, 0.2) is 0 Å². The summed E-state index contributed by atoms with van der Waals surface area (Å²) in [6.45, 7) is 13.2. The molecule has 3 aliphatic heterocycles. The average Bonchev–Trinajstić information content (AvgIpc) is 2.94. The van der Waals surface area contributed by atoms with Gasteiger partial charge in [-0.05, 0) is 72.1 Å². The predicted molar refractivity (Wildman–Crippen MR) is 162 cm³/mol. The van der Waals surface area contributed by atoms with Gasteiger partial charge in [0, 0.05) is 20.8 Å². The van der Waals surface area contributed by atoms with Crippen LogP contribution in [-0.2, 0) is 38.3 Å². The number of hydrogen-bond acceptors (Lipinski definition) is 9. The number of likely N-dealkylation sites (N-methyl/N-ethyl adjacent to an activating group) is 1. The van der Waals surface area contributed by atoms with E-state index in [4.69, 9.17) is 14.3 Å². The van der Waals surface area contributed by atoms with Gasteiger partial charge in [-0.15, -0.1) is 0 Å². The van der Waals surface area contributed by atoms with Gasteiger partial charge in [0.25, 0.3) is 11.8 Å². The summed E-state index contributed by atoms with van der Waals surface area (Å²) in [6, 6.07) is -3.16. The molecular weight excluding hydrogens is 572 g/mol. The molecule has 3 fully saturated rings. The van der Waals surface area contributed by atoms with Crippen LogP contribution < -0.4 is 10.6 Å². The van der Waals surface area contributed by atoms with Gasteiger partial charge in [-0.25, -0.2) is 9.86 Å². The molecule has 3 rings (SSSR count). The van der Waals surface area contributed by atoms with Crippen molar-refractivity contribution >= 4 is 29.6 Å². The Morgan fingerprint density at radius 1 is 0.977 bits per heavy atom. The molecule has 13 nitrogen and oxygen atoms in total. The Bertz CT molecular complexity index is 1050. The first-order valence-electron chi connectivity index (χ1n) is 15.7. The summed E-state index contributed by atoms with van der Waals surface area (Å²) >= 11 is 0. The molecule has 4 amide bonds. The smallest absolute Gasteiger partial charge is 0.328 e. The van der Waals surface area contributed by atoms with E-state index < -0.39 is 70.8 Å². The van der Waals surface area contributed by atoms with Crippen LogP contribution in [0.5, 0.6) is 0 Å². The molecule has 252 valence electrons. The largest absolute Gasteiger partial charge is 0.459 e. The molecule has 3 saturated heterocycles. The van der Waals surface area contributed by atoms with E-state index in [0.717, 1.165) is 17.9 Å². The van der Waals surface area contributed by atoms with Crippen LogP contribution >= 0.6 is 0 Å². The van der Waals surface area contributed by atoms with Crippen molar-refractivity contribution in [3.05, 3.63) is 0 Å². The predicted octanol–water partition coefficient (Wildman–Crippen LogP) is 1.56. The minimum Gasteiger partial charge on any atom is -0.459 e. The number of aliphatic hydroxyl groups excluding tert-OH is 1. The SMILES string of the molecule is CCCC(CCC(C)[C@@H]1OC(=O)[C@H](C)NC(=O)[C@H](C(C)CCO)N(C)C(=O)C2(C)CN(O2)C(=O)[C@H](C)NC(=O)C1(C)C)OC. The molecule has 0 saturated carbocycles. The van der Waals surface area contributed by atoms with E-state index in [-0.39, 0.29) is 31.6 Å². The Hall–Kier alpha value is -2.77. The molecule has 0 aliphatic carbocycles. The van der Waals surface area contributed by atoms with Crippen molar-refractivity contribution in [3.63, 3.8) is 0 Å². The Labute approximate surface area is 261 Å². The number of carbonyl (C=O) groups excluding carboxylic acids is 5. The maximum absolute atomic E-state index is 13.7. The highest BCUT2D eigenvalue weighted by atomic mass is 16.7. The number of rotatable bonds is 10. The lowest BCUT2D eigenvalue weighted by molar-refractivity contribution is -0.316. The van der Waals surface area contributed by atoms with Gasteiger partial charge < -0.3 is 30.1 Å². The van der Waals surface area contributed by atoms with Crippen LogP contribution in [0, 0.1) is 17.3 Å². The number of carbonyl (C=O) groups is 5. The van der Waals surface area contributed by atoms with E-state index in [1.165, 1.54) is 32.7 Å². The normalized spacial score (nSPS) is 30.8. The average molecular weight is 627 g/mol. The first kappa shape index (κ1) is 37.4. The number of nitrogens with one attached hydrogen (secondary N) is 2. The van der Waals surface area contributed by atoms with Gasteiger partial charge in [0.1, 0.15) is 24.2 Å². The fourth-order valence-electron chi connectivity index (χ4n) is 6.07. The van der Waals surface area contributed by atoms with Gasteiger partial charge in [-0.1, -0.05) is 27.2 Å². The molecule has 0 radical (unpaired) electrons. The summed E-state index contributed by atoms with van der Waals surface area (Å²) in [4.78, 5) is 74.4.